The van der Waals surface area contributed by atoms with Crippen molar-refractivity contribution in [2.45, 2.75) is 0 Å². The fourth-order valence-corrected chi connectivity index (χ4v) is 4.35. The third-order valence-corrected chi connectivity index (χ3v) is 6.16. The number of anilines is 2. The van der Waals surface area contributed by atoms with E-state index in [0.717, 1.165) is 47.1 Å². The smallest absolute Gasteiger partial charge is 0.256 e. The maximum atomic E-state index is 12.9. The summed E-state index contributed by atoms with van der Waals surface area (Å²) in [5.41, 5.74) is 2.35. The van der Waals surface area contributed by atoms with E-state index < -0.39 is 0 Å². The molecule has 1 fully saturated rings. The van der Waals surface area contributed by atoms with E-state index in [1.54, 1.807) is 0 Å². The van der Waals surface area contributed by atoms with Gasteiger partial charge in [0.05, 0.1) is 10.7 Å². The summed E-state index contributed by atoms with van der Waals surface area (Å²) in [5.74, 6) is -0.146. The number of piperazine rings is 1. The van der Waals surface area contributed by atoms with Crippen LogP contribution >= 0.6 is 27.5 Å². The topological polar surface area (TPSA) is 35.6 Å². The molecule has 3 aromatic carbocycles. The number of benzene rings is 3. The highest BCUT2D eigenvalue weighted by Gasteiger charge is 2.17. The molecule has 0 saturated carbocycles. The first-order valence-corrected chi connectivity index (χ1v) is 10.4. The molecule has 0 radical (unpaired) electrons. The van der Waals surface area contributed by atoms with Crippen LogP contribution in [0.15, 0.2) is 59.1 Å². The van der Waals surface area contributed by atoms with E-state index in [1.807, 2.05) is 54.6 Å². The van der Waals surface area contributed by atoms with Crippen LogP contribution in [0.4, 0.5) is 11.4 Å². The Balaban J connectivity index is 1.56. The van der Waals surface area contributed by atoms with Gasteiger partial charge in [-0.3, -0.25) is 4.79 Å². The van der Waals surface area contributed by atoms with Crippen LogP contribution in [0.5, 0.6) is 0 Å². The van der Waals surface area contributed by atoms with Crippen LogP contribution in [0, 0.1) is 0 Å². The molecule has 4 rings (SSSR count). The zero-order valence-electron chi connectivity index (χ0n) is 15.6. The quantitative estimate of drug-likeness (QED) is 0.581. The number of amides is 1. The minimum absolute atomic E-state index is 0.146. The number of hydrogen-bond acceptors (Lipinski definition) is 3. The molecule has 6 heteroatoms. The van der Waals surface area contributed by atoms with Gasteiger partial charge in [-0.25, -0.2) is 0 Å². The van der Waals surface area contributed by atoms with E-state index in [0.29, 0.717) is 16.3 Å². The van der Waals surface area contributed by atoms with Crippen molar-refractivity contribution in [1.82, 2.24) is 4.90 Å². The van der Waals surface area contributed by atoms with Crippen LogP contribution in [0.3, 0.4) is 0 Å². The van der Waals surface area contributed by atoms with E-state index in [4.69, 9.17) is 11.6 Å². The number of likely N-dealkylation sites (N-methyl/N-ethyl adjacent to an activating group) is 1. The highest BCUT2D eigenvalue weighted by Crippen LogP contribution is 2.31. The Morgan fingerprint density at radius 3 is 2.46 bits per heavy atom. The van der Waals surface area contributed by atoms with Gasteiger partial charge in [0.1, 0.15) is 0 Å². The second-order valence-electron chi connectivity index (χ2n) is 7.05. The van der Waals surface area contributed by atoms with Crippen molar-refractivity contribution in [2.75, 3.05) is 43.4 Å². The predicted octanol–water partition coefficient (Wildman–Crippen LogP) is 5.26. The molecule has 1 aliphatic heterocycles. The van der Waals surface area contributed by atoms with Gasteiger partial charge in [-0.05, 0) is 48.2 Å². The summed E-state index contributed by atoms with van der Waals surface area (Å²) in [6.07, 6.45) is 0. The Hall–Kier alpha value is -2.08. The van der Waals surface area contributed by atoms with Gasteiger partial charge in [0.25, 0.3) is 5.91 Å². The number of fused-ring (bicyclic) bond motifs is 1. The number of nitrogens with one attached hydrogen (secondary N) is 1. The van der Waals surface area contributed by atoms with Crippen molar-refractivity contribution in [3.8, 4) is 0 Å². The highest BCUT2D eigenvalue weighted by atomic mass is 79.9. The summed E-state index contributed by atoms with van der Waals surface area (Å²) >= 11 is 10.1. The SMILES string of the molecule is CN1CCN(c2ccc(NC(=O)c3cccc4c(Br)cccc34)cc2Cl)CC1. The predicted molar refractivity (Wildman–Crippen MR) is 121 cm³/mol. The summed E-state index contributed by atoms with van der Waals surface area (Å²) in [5, 5.41) is 5.56. The lowest BCUT2D eigenvalue weighted by atomic mass is 10.0. The van der Waals surface area contributed by atoms with Crippen LogP contribution in [-0.4, -0.2) is 44.0 Å². The lowest BCUT2D eigenvalue weighted by Crippen LogP contribution is -2.44. The summed E-state index contributed by atoms with van der Waals surface area (Å²) in [6, 6.07) is 17.3. The minimum atomic E-state index is -0.146. The van der Waals surface area contributed by atoms with Gasteiger partial charge in [-0.1, -0.05) is 51.8 Å². The minimum Gasteiger partial charge on any atom is -0.368 e. The van der Waals surface area contributed by atoms with E-state index >= 15 is 0 Å². The van der Waals surface area contributed by atoms with Crippen molar-refractivity contribution in [3.05, 3.63) is 69.7 Å². The Bertz CT molecular complexity index is 1030. The zero-order chi connectivity index (χ0) is 19.7. The van der Waals surface area contributed by atoms with Crippen LogP contribution in [0.2, 0.25) is 5.02 Å². The summed E-state index contributed by atoms with van der Waals surface area (Å²) < 4.78 is 0.972. The third-order valence-electron chi connectivity index (χ3n) is 5.16. The van der Waals surface area contributed by atoms with Gasteiger partial charge in [-0.2, -0.15) is 0 Å². The number of rotatable bonds is 3. The molecule has 0 aromatic heterocycles. The van der Waals surface area contributed by atoms with E-state index in [1.165, 1.54) is 0 Å². The average molecular weight is 459 g/mol. The molecular weight excluding hydrogens is 438 g/mol. The molecule has 4 nitrogen and oxygen atoms in total. The van der Waals surface area contributed by atoms with Crippen molar-refractivity contribution >= 4 is 55.6 Å². The lowest BCUT2D eigenvalue weighted by Gasteiger charge is -2.34. The Kier molecular flexibility index (Phi) is 5.58. The molecule has 0 atom stereocenters. The summed E-state index contributed by atoms with van der Waals surface area (Å²) in [6.45, 7) is 3.94. The number of nitrogens with zero attached hydrogens (tertiary/aromatic N) is 2. The molecule has 0 unspecified atom stereocenters. The van der Waals surface area contributed by atoms with E-state index in [2.05, 4.69) is 38.1 Å². The fourth-order valence-electron chi connectivity index (χ4n) is 3.56. The van der Waals surface area contributed by atoms with Crippen molar-refractivity contribution in [1.29, 1.82) is 0 Å². The van der Waals surface area contributed by atoms with Gasteiger partial charge >= 0.3 is 0 Å². The first-order valence-electron chi connectivity index (χ1n) is 9.24. The van der Waals surface area contributed by atoms with Gasteiger partial charge in [0.2, 0.25) is 0 Å². The summed E-state index contributed by atoms with van der Waals surface area (Å²) in [7, 11) is 2.13. The molecule has 1 aliphatic rings. The molecule has 0 bridgehead atoms. The third kappa shape index (κ3) is 3.88. The Morgan fingerprint density at radius 2 is 1.71 bits per heavy atom. The maximum Gasteiger partial charge on any atom is 0.256 e. The van der Waals surface area contributed by atoms with E-state index in [9.17, 15) is 4.79 Å². The monoisotopic (exact) mass is 457 g/mol. The molecule has 3 aromatic rings. The molecular formula is C22H21BrClN3O. The first-order chi connectivity index (χ1) is 13.5. The standard InChI is InChI=1S/C22H21BrClN3O/c1-26-10-12-27(13-11-26)21-9-8-15(14-20(21)24)25-22(28)18-6-2-5-17-16(18)4-3-7-19(17)23/h2-9,14H,10-13H2,1H3,(H,25,28). The number of carbonyl (C=O) groups excluding carboxylic acids is 1. The van der Waals surface area contributed by atoms with Crippen LogP contribution in [0.1, 0.15) is 10.4 Å². The normalized spacial score (nSPS) is 15.0. The fraction of sp³-hybridized carbons (Fsp3) is 0.227. The van der Waals surface area contributed by atoms with Gasteiger partial charge in [-0.15, -0.1) is 0 Å². The Morgan fingerprint density at radius 1 is 1.00 bits per heavy atom. The molecule has 1 heterocycles. The molecule has 0 spiro atoms. The number of halogens is 2. The van der Waals surface area contributed by atoms with Crippen LogP contribution in [-0.2, 0) is 0 Å². The lowest BCUT2D eigenvalue weighted by molar-refractivity contribution is 0.102. The zero-order valence-corrected chi connectivity index (χ0v) is 17.9. The molecule has 0 aliphatic carbocycles. The molecule has 1 N–H and O–H groups in total. The average Bonchev–Trinajstić information content (AvgIpc) is 2.69. The second-order valence-corrected chi connectivity index (χ2v) is 8.31. The number of hydrogen-bond donors (Lipinski definition) is 1. The van der Waals surface area contributed by atoms with Crippen LogP contribution in [0.25, 0.3) is 10.8 Å². The molecule has 144 valence electrons. The first kappa shape index (κ1) is 19.2. The number of carbonyl (C=O) groups is 1. The maximum absolute atomic E-state index is 12.9. The largest absolute Gasteiger partial charge is 0.368 e. The molecule has 1 amide bonds. The summed E-state index contributed by atoms with van der Waals surface area (Å²) in [4.78, 5) is 17.5. The van der Waals surface area contributed by atoms with Crippen molar-refractivity contribution in [2.24, 2.45) is 0 Å². The van der Waals surface area contributed by atoms with Crippen LogP contribution < -0.4 is 10.2 Å². The Labute approximate surface area is 178 Å². The highest BCUT2D eigenvalue weighted by molar-refractivity contribution is 9.10. The van der Waals surface area contributed by atoms with E-state index in [-0.39, 0.29) is 5.91 Å². The second kappa shape index (κ2) is 8.11. The van der Waals surface area contributed by atoms with Crippen molar-refractivity contribution in [3.63, 3.8) is 0 Å². The van der Waals surface area contributed by atoms with Gasteiger partial charge in [0.15, 0.2) is 0 Å². The van der Waals surface area contributed by atoms with Crippen molar-refractivity contribution < 1.29 is 4.79 Å². The van der Waals surface area contributed by atoms with Gasteiger partial charge < -0.3 is 15.1 Å². The molecule has 28 heavy (non-hydrogen) atoms. The van der Waals surface area contributed by atoms with Gasteiger partial charge in [0, 0.05) is 41.9 Å². The molecule has 1 saturated heterocycles.